The lowest BCUT2D eigenvalue weighted by molar-refractivity contribution is -0.179. The molecule has 0 unspecified atom stereocenters. The van der Waals surface area contributed by atoms with Crippen molar-refractivity contribution in [1.82, 2.24) is 10.2 Å². The summed E-state index contributed by atoms with van der Waals surface area (Å²) in [5, 5.41) is 3.79. The van der Waals surface area contributed by atoms with Gasteiger partial charge < -0.3 is 19.7 Å². The van der Waals surface area contributed by atoms with E-state index in [1.54, 1.807) is 0 Å². The van der Waals surface area contributed by atoms with Crippen molar-refractivity contribution in [3.05, 3.63) is 0 Å². The fraction of sp³-hybridized carbons (Fsp3) is 0.944. The number of carbonyl (C=O) groups is 1. The van der Waals surface area contributed by atoms with Crippen LogP contribution in [-0.4, -0.2) is 55.0 Å². The van der Waals surface area contributed by atoms with Crippen molar-refractivity contribution in [3.8, 4) is 0 Å². The fourth-order valence-corrected chi connectivity index (χ4v) is 4.87. The van der Waals surface area contributed by atoms with E-state index in [0.29, 0.717) is 23.9 Å². The Bertz CT molecular complexity index is 420. The van der Waals surface area contributed by atoms with E-state index < -0.39 is 0 Å². The molecule has 130 valence electrons. The maximum absolute atomic E-state index is 12.5. The summed E-state index contributed by atoms with van der Waals surface area (Å²) in [4.78, 5) is 14.6. The molecule has 1 atom stereocenters. The molecule has 2 aliphatic heterocycles. The Balaban J connectivity index is 1.22. The van der Waals surface area contributed by atoms with E-state index in [-0.39, 0.29) is 5.79 Å². The molecule has 1 amide bonds. The molecule has 0 radical (unpaired) electrons. The highest BCUT2D eigenvalue weighted by molar-refractivity contribution is 5.79. The van der Waals surface area contributed by atoms with E-state index >= 15 is 0 Å². The zero-order chi connectivity index (χ0) is 15.7. The highest BCUT2D eigenvalue weighted by Gasteiger charge is 2.41. The van der Waals surface area contributed by atoms with Crippen LogP contribution in [0.15, 0.2) is 0 Å². The summed E-state index contributed by atoms with van der Waals surface area (Å²) < 4.78 is 11.6. The molecular formula is C18H30N2O3. The topological polar surface area (TPSA) is 50.8 Å². The second-order valence-electron chi connectivity index (χ2n) is 7.80. The van der Waals surface area contributed by atoms with Crippen LogP contribution in [0.5, 0.6) is 0 Å². The van der Waals surface area contributed by atoms with Crippen molar-refractivity contribution in [2.75, 3.05) is 26.3 Å². The Kier molecular flexibility index (Phi) is 4.61. The van der Waals surface area contributed by atoms with E-state index in [1.165, 1.54) is 12.8 Å². The molecular weight excluding hydrogens is 292 g/mol. The molecule has 0 aromatic carbocycles. The highest BCUT2D eigenvalue weighted by Crippen LogP contribution is 2.36. The Hall–Kier alpha value is -0.650. The summed E-state index contributed by atoms with van der Waals surface area (Å²) in [6.07, 6.45) is 10.0. The molecule has 0 aromatic rings. The van der Waals surface area contributed by atoms with Crippen molar-refractivity contribution in [1.29, 1.82) is 0 Å². The van der Waals surface area contributed by atoms with Gasteiger partial charge in [-0.3, -0.25) is 4.79 Å². The van der Waals surface area contributed by atoms with Gasteiger partial charge >= 0.3 is 0 Å². The summed E-state index contributed by atoms with van der Waals surface area (Å²) in [7, 11) is 0. The van der Waals surface area contributed by atoms with Crippen LogP contribution >= 0.6 is 0 Å². The molecule has 2 saturated heterocycles. The molecule has 23 heavy (non-hydrogen) atoms. The van der Waals surface area contributed by atoms with Crippen molar-refractivity contribution in [2.45, 2.75) is 75.7 Å². The maximum Gasteiger partial charge on any atom is 0.225 e. The predicted molar refractivity (Wildman–Crippen MR) is 87.0 cm³/mol. The number of carbonyl (C=O) groups excluding carboxylic acids is 1. The van der Waals surface area contributed by atoms with Gasteiger partial charge in [-0.25, -0.2) is 0 Å². The molecule has 2 saturated carbocycles. The number of ether oxygens (including phenoxy) is 2. The van der Waals surface area contributed by atoms with Crippen LogP contribution in [0.25, 0.3) is 0 Å². The zero-order valence-corrected chi connectivity index (χ0v) is 14.1. The number of hydrogen-bond acceptors (Lipinski definition) is 4. The minimum absolute atomic E-state index is 0.266. The van der Waals surface area contributed by atoms with Crippen LogP contribution in [0.4, 0.5) is 0 Å². The molecule has 5 heteroatoms. The summed E-state index contributed by atoms with van der Waals surface area (Å²) in [6.45, 7) is 3.35. The Morgan fingerprint density at radius 3 is 2.35 bits per heavy atom. The predicted octanol–water partition coefficient (Wildman–Crippen LogP) is 2.05. The molecule has 4 rings (SSSR count). The number of rotatable bonds is 3. The largest absolute Gasteiger partial charge is 0.348 e. The number of nitrogens with zero attached hydrogens (tertiary/aromatic N) is 1. The highest BCUT2D eigenvalue weighted by atomic mass is 16.7. The molecule has 0 bridgehead atoms. The third kappa shape index (κ3) is 3.42. The van der Waals surface area contributed by atoms with E-state index in [2.05, 4.69) is 10.2 Å². The van der Waals surface area contributed by atoms with Crippen LogP contribution in [0.1, 0.15) is 57.8 Å². The quantitative estimate of drug-likeness (QED) is 0.864. The lowest BCUT2D eigenvalue weighted by Gasteiger charge is -2.36. The van der Waals surface area contributed by atoms with Crippen LogP contribution in [0.3, 0.4) is 0 Å². The maximum atomic E-state index is 12.5. The lowest BCUT2D eigenvalue weighted by atomic mass is 9.89. The number of amides is 1. The van der Waals surface area contributed by atoms with Gasteiger partial charge in [0.1, 0.15) is 0 Å². The second-order valence-corrected chi connectivity index (χ2v) is 7.80. The van der Waals surface area contributed by atoms with Gasteiger partial charge in [-0.15, -0.1) is 0 Å². The van der Waals surface area contributed by atoms with Crippen LogP contribution < -0.4 is 5.32 Å². The molecule has 1 spiro atoms. The molecule has 0 aromatic heterocycles. The molecule has 1 N–H and O–H groups in total. The van der Waals surface area contributed by atoms with Crippen LogP contribution in [-0.2, 0) is 14.3 Å². The fourth-order valence-electron chi connectivity index (χ4n) is 4.87. The molecule has 4 fully saturated rings. The summed E-state index contributed by atoms with van der Waals surface area (Å²) in [6, 6.07) is 1.03. The minimum atomic E-state index is -0.266. The first-order valence-corrected chi connectivity index (χ1v) is 9.57. The summed E-state index contributed by atoms with van der Waals surface area (Å²) in [5.41, 5.74) is 0. The average molecular weight is 322 g/mol. The molecule has 2 heterocycles. The van der Waals surface area contributed by atoms with E-state index in [4.69, 9.17) is 9.47 Å². The van der Waals surface area contributed by atoms with Crippen molar-refractivity contribution in [2.24, 2.45) is 5.92 Å². The Morgan fingerprint density at radius 1 is 0.957 bits per heavy atom. The Morgan fingerprint density at radius 2 is 1.65 bits per heavy atom. The summed E-state index contributed by atoms with van der Waals surface area (Å²) >= 11 is 0. The third-order valence-corrected chi connectivity index (χ3v) is 6.24. The number of nitrogens with one attached hydrogen (secondary N) is 1. The molecule has 4 aliphatic rings. The van der Waals surface area contributed by atoms with Crippen LogP contribution in [0.2, 0.25) is 0 Å². The smallest absolute Gasteiger partial charge is 0.225 e. The van der Waals surface area contributed by atoms with Gasteiger partial charge in [-0.1, -0.05) is 12.8 Å². The first kappa shape index (κ1) is 15.9. The zero-order valence-electron chi connectivity index (χ0n) is 14.1. The van der Waals surface area contributed by atoms with Gasteiger partial charge in [0.2, 0.25) is 5.91 Å². The standard InChI is InChI=1S/C18H30N2O3/c21-17(14-3-1-2-4-14)20-10-7-16(13-20)19-15-5-8-18(9-6-15)22-11-12-23-18/h14-16,19H,1-13H2/t16-/m1/s1. The van der Waals surface area contributed by atoms with E-state index in [9.17, 15) is 4.79 Å². The second kappa shape index (κ2) is 6.69. The van der Waals surface area contributed by atoms with Gasteiger partial charge in [0.25, 0.3) is 0 Å². The Labute approximate surface area is 139 Å². The van der Waals surface area contributed by atoms with Crippen molar-refractivity contribution in [3.63, 3.8) is 0 Å². The normalized spacial score (nSPS) is 32.2. The van der Waals surface area contributed by atoms with E-state index in [0.717, 1.165) is 71.2 Å². The first-order chi connectivity index (χ1) is 11.2. The van der Waals surface area contributed by atoms with Gasteiger partial charge in [-0.2, -0.15) is 0 Å². The molecule has 5 nitrogen and oxygen atoms in total. The van der Waals surface area contributed by atoms with Crippen molar-refractivity contribution >= 4 is 5.91 Å². The first-order valence-electron chi connectivity index (χ1n) is 9.57. The van der Waals surface area contributed by atoms with Gasteiger partial charge in [0.05, 0.1) is 13.2 Å². The minimum Gasteiger partial charge on any atom is -0.348 e. The lowest BCUT2D eigenvalue weighted by Crippen LogP contribution is -2.46. The van der Waals surface area contributed by atoms with Gasteiger partial charge in [0.15, 0.2) is 5.79 Å². The van der Waals surface area contributed by atoms with Crippen molar-refractivity contribution < 1.29 is 14.3 Å². The third-order valence-electron chi connectivity index (χ3n) is 6.24. The number of hydrogen-bond donors (Lipinski definition) is 1. The number of likely N-dealkylation sites (tertiary alicyclic amines) is 1. The molecule has 2 aliphatic carbocycles. The monoisotopic (exact) mass is 322 g/mol. The van der Waals surface area contributed by atoms with E-state index in [1.807, 2.05) is 0 Å². The summed E-state index contributed by atoms with van der Waals surface area (Å²) in [5.74, 6) is 0.473. The van der Waals surface area contributed by atoms with Crippen LogP contribution in [0, 0.1) is 5.92 Å². The SMILES string of the molecule is O=C(C1CCCC1)N1CC[C@@H](NC2CCC3(CC2)OCCO3)C1. The van der Waals surface area contributed by atoms with Gasteiger partial charge in [-0.05, 0) is 32.1 Å². The van der Waals surface area contributed by atoms with Gasteiger partial charge in [0, 0.05) is 43.9 Å². The average Bonchev–Trinajstić information content (AvgIpc) is 3.31.